The van der Waals surface area contributed by atoms with Crippen LogP contribution in [0.1, 0.15) is 74.8 Å². The monoisotopic (exact) mass is 553 g/mol. The number of benzene rings is 1. The fourth-order valence-corrected chi connectivity index (χ4v) is 11.1. The van der Waals surface area contributed by atoms with Gasteiger partial charge in [-0.05, 0) is 56.3 Å². The summed E-state index contributed by atoms with van der Waals surface area (Å²) in [5, 5.41) is 23.0. The third kappa shape index (κ3) is 10.3. The van der Waals surface area contributed by atoms with Crippen LogP contribution >= 0.6 is 0 Å². The normalized spacial score (nSPS) is 15.8. The number of hydrogen-bond donors (Lipinski definition) is 3. The summed E-state index contributed by atoms with van der Waals surface area (Å²) in [6, 6.07) is 8.65. The number of aliphatic hydroxyl groups excluding tert-OH is 1. The molecule has 0 bridgehead atoms. The van der Waals surface area contributed by atoms with Crippen LogP contribution in [0, 0.1) is 5.92 Å². The molecule has 8 nitrogen and oxygen atoms in total. The number of carbonyl (C=O) groups excluding carboxylic acids is 1. The summed E-state index contributed by atoms with van der Waals surface area (Å²) >= 11 is 0. The van der Waals surface area contributed by atoms with E-state index >= 15 is 0 Å². The van der Waals surface area contributed by atoms with E-state index in [2.05, 4.69) is 46.9 Å². The topological polar surface area (TPSA) is 114 Å². The first kappa shape index (κ1) is 34.1. The summed E-state index contributed by atoms with van der Waals surface area (Å²) in [6.07, 6.45) is -1.49. The summed E-state index contributed by atoms with van der Waals surface area (Å²) in [7, 11) is -2.34. The Labute approximate surface area is 230 Å². The number of alkyl carbamates (subject to hydrolysis) is 1. The van der Waals surface area contributed by atoms with Crippen LogP contribution in [0.5, 0.6) is 0 Å². The van der Waals surface area contributed by atoms with Crippen LogP contribution < -0.4 is 5.32 Å². The third-order valence-corrected chi connectivity index (χ3v) is 13.0. The maximum atomic E-state index is 12.2. The smallest absolute Gasteiger partial charge is 0.408 e. The first-order valence-electron chi connectivity index (χ1n) is 13.7. The van der Waals surface area contributed by atoms with E-state index in [0.29, 0.717) is 23.0 Å². The molecule has 1 aromatic rings. The highest BCUT2D eigenvalue weighted by Crippen LogP contribution is 2.44. The van der Waals surface area contributed by atoms with Crippen LogP contribution in [0.15, 0.2) is 30.3 Å². The zero-order valence-corrected chi connectivity index (χ0v) is 26.0. The second-order valence-electron chi connectivity index (χ2n) is 12.2. The van der Waals surface area contributed by atoms with E-state index in [1.165, 1.54) is 0 Å². The summed E-state index contributed by atoms with van der Waals surface area (Å²) < 4.78 is 18.2. The highest BCUT2D eigenvalue weighted by molar-refractivity contribution is 6.77. The number of ether oxygens (including phenoxy) is 2. The van der Waals surface area contributed by atoms with E-state index < -0.39 is 44.2 Å². The van der Waals surface area contributed by atoms with Crippen LogP contribution in [0.3, 0.4) is 0 Å². The second kappa shape index (κ2) is 15.0. The minimum atomic E-state index is -2.34. The molecule has 9 heteroatoms. The predicted octanol–water partition coefficient (Wildman–Crippen LogP) is 5.78. The molecule has 1 amide bonds. The molecule has 1 rings (SSSR count). The summed E-state index contributed by atoms with van der Waals surface area (Å²) in [5.74, 6) is -1.46. The minimum absolute atomic E-state index is 0.156. The van der Waals surface area contributed by atoms with E-state index in [1.807, 2.05) is 30.3 Å². The molecule has 0 aromatic heterocycles. The van der Waals surface area contributed by atoms with Gasteiger partial charge in [-0.15, -0.1) is 0 Å². The molecule has 1 aromatic carbocycles. The lowest BCUT2D eigenvalue weighted by Gasteiger charge is -2.47. The van der Waals surface area contributed by atoms with Crippen LogP contribution in [-0.4, -0.2) is 67.7 Å². The molecule has 0 heterocycles. The molecule has 0 radical (unpaired) electrons. The van der Waals surface area contributed by atoms with Crippen molar-refractivity contribution in [2.75, 3.05) is 13.2 Å². The van der Waals surface area contributed by atoms with Gasteiger partial charge in [0.25, 0.3) is 0 Å². The standard InChI is InChI=1S/C29H51NO7Si/c1-19(2)38(20(3)4,21(5)6)37-26(22(7)31)24(16-23-14-12-11-13-15-23)17-35-18-25(27(32)33)30-28(34)36-29(8,9)10/h11-15,19-22,24-26,31H,16-18H2,1-10H3,(H,30,34)(H,32,33)/t22-,24+,25+,26-/m0/s1. The molecular formula is C29H51NO7Si. The lowest BCUT2D eigenvalue weighted by molar-refractivity contribution is -0.141. The van der Waals surface area contributed by atoms with Crippen molar-refractivity contribution in [1.29, 1.82) is 0 Å². The van der Waals surface area contributed by atoms with Crippen molar-refractivity contribution >= 4 is 20.4 Å². The maximum absolute atomic E-state index is 12.2. The number of carboxylic acid groups (broad SMARTS) is 1. The van der Waals surface area contributed by atoms with Crippen molar-refractivity contribution in [1.82, 2.24) is 5.32 Å². The lowest BCUT2D eigenvalue weighted by Crippen LogP contribution is -2.54. The van der Waals surface area contributed by atoms with E-state index in [9.17, 15) is 19.8 Å². The Morgan fingerprint density at radius 2 is 1.45 bits per heavy atom. The summed E-state index contributed by atoms with van der Waals surface area (Å²) in [6.45, 7) is 20.0. The molecule has 4 atom stereocenters. The summed E-state index contributed by atoms with van der Waals surface area (Å²) in [5.41, 5.74) is 1.31. The van der Waals surface area contributed by atoms with Crippen molar-refractivity contribution in [3.63, 3.8) is 0 Å². The number of aliphatic hydroxyl groups is 1. The molecule has 0 saturated carbocycles. The zero-order chi connectivity index (χ0) is 29.3. The van der Waals surface area contributed by atoms with E-state index in [1.54, 1.807) is 27.7 Å². The third-order valence-electron chi connectivity index (χ3n) is 6.93. The first-order chi connectivity index (χ1) is 17.5. The number of nitrogens with one attached hydrogen (secondary N) is 1. The highest BCUT2D eigenvalue weighted by atomic mass is 28.4. The van der Waals surface area contributed by atoms with Crippen LogP contribution in [0.2, 0.25) is 16.6 Å². The van der Waals surface area contributed by atoms with Gasteiger partial charge in [0.05, 0.1) is 25.4 Å². The van der Waals surface area contributed by atoms with Crippen molar-refractivity contribution in [3.8, 4) is 0 Å². The number of aliphatic carboxylic acids is 1. The second-order valence-corrected chi connectivity index (χ2v) is 17.6. The lowest BCUT2D eigenvalue weighted by atomic mass is 9.92. The van der Waals surface area contributed by atoms with E-state index in [-0.39, 0.29) is 19.1 Å². The average Bonchev–Trinajstić information content (AvgIpc) is 2.76. The Morgan fingerprint density at radius 3 is 1.87 bits per heavy atom. The number of rotatable bonds is 15. The Morgan fingerprint density at radius 1 is 0.921 bits per heavy atom. The quantitative estimate of drug-likeness (QED) is 0.236. The van der Waals surface area contributed by atoms with Crippen molar-refractivity contribution < 1.29 is 33.7 Å². The maximum Gasteiger partial charge on any atom is 0.408 e. The fourth-order valence-electron chi connectivity index (χ4n) is 5.38. The predicted molar refractivity (Wildman–Crippen MR) is 153 cm³/mol. The average molecular weight is 554 g/mol. The SMILES string of the molecule is CC(C)[Si](O[C@H]([C@@H](COC[C@@H](NC(=O)OC(C)(C)C)C(=O)O)Cc1ccccc1)[C@H](C)O)(C(C)C)C(C)C. The zero-order valence-electron chi connectivity index (χ0n) is 25.0. The van der Waals surface area contributed by atoms with Gasteiger partial charge in [-0.2, -0.15) is 0 Å². The number of carbonyl (C=O) groups is 2. The van der Waals surface area contributed by atoms with Gasteiger partial charge in [-0.1, -0.05) is 71.9 Å². The molecular weight excluding hydrogens is 502 g/mol. The molecule has 3 N–H and O–H groups in total. The van der Waals surface area contributed by atoms with Gasteiger partial charge in [0.1, 0.15) is 5.60 Å². The van der Waals surface area contributed by atoms with Crippen LogP contribution in [0.25, 0.3) is 0 Å². The van der Waals surface area contributed by atoms with Gasteiger partial charge in [0.15, 0.2) is 6.04 Å². The van der Waals surface area contributed by atoms with Gasteiger partial charge in [-0.3, -0.25) is 0 Å². The largest absolute Gasteiger partial charge is 0.480 e. The molecule has 0 aliphatic carbocycles. The number of hydrogen-bond acceptors (Lipinski definition) is 6. The van der Waals surface area contributed by atoms with Crippen molar-refractivity contribution in [2.45, 2.75) is 116 Å². The molecule has 0 saturated heterocycles. The van der Waals surface area contributed by atoms with Crippen molar-refractivity contribution in [2.24, 2.45) is 5.92 Å². The van der Waals surface area contributed by atoms with Crippen LogP contribution in [-0.2, 0) is 25.1 Å². The fraction of sp³-hybridized carbons (Fsp3) is 0.724. The van der Waals surface area contributed by atoms with Gasteiger partial charge in [0, 0.05) is 5.92 Å². The van der Waals surface area contributed by atoms with Gasteiger partial charge in [0.2, 0.25) is 8.32 Å². The Hall–Kier alpha value is -1.94. The molecule has 0 aliphatic heterocycles. The number of amides is 1. The van der Waals surface area contributed by atoms with Crippen molar-refractivity contribution in [3.05, 3.63) is 35.9 Å². The van der Waals surface area contributed by atoms with E-state index in [4.69, 9.17) is 13.9 Å². The van der Waals surface area contributed by atoms with E-state index in [0.717, 1.165) is 5.56 Å². The Bertz CT molecular complexity index is 830. The minimum Gasteiger partial charge on any atom is -0.480 e. The Kier molecular flexibility index (Phi) is 13.5. The Balaban J connectivity index is 3.20. The first-order valence-corrected chi connectivity index (χ1v) is 15.8. The molecule has 0 fully saturated rings. The van der Waals surface area contributed by atoms with Gasteiger partial charge in [-0.25, -0.2) is 9.59 Å². The number of carboxylic acids is 1. The van der Waals surface area contributed by atoms with Gasteiger partial charge >= 0.3 is 12.1 Å². The highest BCUT2D eigenvalue weighted by Gasteiger charge is 2.48. The van der Waals surface area contributed by atoms with Gasteiger partial charge < -0.3 is 29.4 Å². The molecule has 0 spiro atoms. The molecule has 218 valence electrons. The molecule has 0 unspecified atom stereocenters. The molecule has 38 heavy (non-hydrogen) atoms. The van der Waals surface area contributed by atoms with Crippen LogP contribution in [0.4, 0.5) is 4.79 Å². The summed E-state index contributed by atoms with van der Waals surface area (Å²) in [4.78, 5) is 24.0. The molecule has 0 aliphatic rings.